The molecule has 0 spiro atoms. The Morgan fingerprint density at radius 3 is 2.49 bits per heavy atom. The van der Waals surface area contributed by atoms with Crippen LogP contribution in [0.25, 0.3) is 0 Å². The molecular weight excluding hydrogens is 730 g/mol. The van der Waals surface area contributed by atoms with E-state index in [0.29, 0.717) is 22.6 Å². The summed E-state index contributed by atoms with van der Waals surface area (Å²) in [5.41, 5.74) is 1.12. The fraction of sp³-hybridized carbons (Fsp3) is 0.417. The molecule has 1 amide bonds. The highest BCUT2D eigenvalue weighted by Gasteiger charge is 2.38. The van der Waals surface area contributed by atoms with Crippen LogP contribution in [0.2, 0.25) is 10.0 Å². The molecule has 4 aliphatic rings. The van der Waals surface area contributed by atoms with Gasteiger partial charge in [-0.25, -0.2) is 14.0 Å². The van der Waals surface area contributed by atoms with Crippen LogP contribution in [0.3, 0.4) is 0 Å². The van der Waals surface area contributed by atoms with Crippen molar-refractivity contribution < 1.29 is 41.7 Å². The van der Waals surface area contributed by atoms with E-state index in [9.17, 15) is 18.4 Å². The number of carbonyl (C=O) groups excluding carboxylic acids is 2. The van der Waals surface area contributed by atoms with Gasteiger partial charge in [0.1, 0.15) is 28.7 Å². The van der Waals surface area contributed by atoms with Crippen molar-refractivity contribution >= 4 is 52.3 Å². The zero-order valence-corrected chi connectivity index (χ0v) is 30.0. The first-order valence-electron chi connectivity index (χ1n) is 16.6. The zero-order valence-electron chi connectivity index (χ0n) is 27.7. The Bertz CT molecular complexity index is 1780. The first-order chi connectivity index (χ1) is 24.6. The maximum Gasteiger partial charge on any atom is 0.415 e. The molecule has 0 unspecified atom stereocenters. The molecule has 0 N–H and O–H groups in total. The van der Waals surface area contributed by atoms with Crippen LogP contribution in [0.15, 0.2) is 72.0 Å². The number of alkyl halides is 2. The Morgan fingerprint density at radius 2 is 1.82 bits per heavy atom. The van der Waals surface area contributed by atoms with Gasteiger partial charge >= 0.3 is 18.7 Å². The Hall–Kier alpha value is -3.78. The van der Waals surface area contributed by atoms with Crippen molar-refractivity contribution in [3.05, 3.63) is 103 Å². The lowest BCUT2D eigenvalue weighted by molar-refractivity contribution is -0.103. The predicted molar refractivity (Wildman–Crippen MR) is 187 cm³/mol. The first kappa shape index (κ1) is 37.0. The number of esters is 1. The number of carbonyl (C=O) groups is 2. The number of para-hydroxylation sites is 1. The van der Waals surface area contributed by atoms with Gasteiger partial charge in [0, 0.05) is 36.7 Å². The molecule has 3 aliphatic heterocycles. The summed E-state index contributed by atoms with van der Waals surface area (Å²) in [6.07, 6.45) is 4.78. The summed E-state index contributed by atoms with van der Waals surface area (Å²) in [4.78, 5) is 35.6. The average Bonchev–Trinajstić information content (AvgIpc) is 3.59. The summed E-state index contributed by atoms with van der Waals surface area (Å²) < 4.78 is 63.6. The van der Waals surface area contributed by atoms with E-state index in [2.05, 4.69) is 9.88 Å². The molecule has 0 radical (unpaired) electrons. The smallest absolute Gasteiger partial charge is 0.415 e. The molecule has 15 heteroatoms. The molecule has 3 aromatic rings. The molecule has 272 valence electrons. The summed E-state index contributed by atoms with van der Waals surface area (Å²) in [5.74, 6) is -0.891. The number of pyridine rings is 1. The van der Waals surface area contributed by atoms with E-state index in [1.165, 1.54) is 29.4 Å². The molecule has 0 saturated carbocycles. The van der Waals surface area contributed by atoms with Gasteiger partial charge in [-0.05, 0) is 86.7 Å². The number of ether oxygens (including phenoxy) is 4. The largest absolute Gasteiger partial charge is 0.490 e. The van der Waals surface area contributed by atoms with Crippen LogP contribution in [-0.2, 0) is 31.9 Å². The average molecular weight is 767 g/mol. The number of anilines is 1. The van der Waals surface area contributed by atoms with Crippen LogP contribution in [0.1, 0.15) is 52.7 Å². The number of hydrogen-bond donors (Lipinski definition) is 0. The van der Waals surface area contributed by atoms with Gasteiger partial charge in [0.2, 0.25) is 0 Å². The summed E-state index contributed by atoms with van der Waals surface area (Å²) in [6, 6.07) is 9.21. The third-order valence-corrected chi connectivity index (χ3v) is 10.9. The van der Waals surface area contributed by atoms with E-state index < -0.39 is 30.6 Å². The number of amides is 1. The predicted octanol–water partition coefficient (Wildman–Crippen LogP) is 8.80. The topological polar surface area (TPSA) is 90.4 Å². The molecule has 2 aromatic heterocycles. The van der Waals surface area contributed by atoms with E-state index in [1.54, 1.807) is 37.3 Å². The third-order valence-electron chi connectivity index (χ3n) is 9.16. The lowest BCUT2D eigenvalue weighted by Crippen LogP contribution is -2.53. The number of allylic oxidation sites excluding steroid dienone is 2. The zero-order chi connectivity index (χ0) is 36.1. The van der Waals surface area contributed by atoms with Gasteiger partial charge in [0.05, 0.1) is 28.9 Å². The molecule has 7 rings (SSSR count). The summed E-state index contributed by atoms with van der Waals surface area (Å²) in [5, 5.41) is 0.526. The fourth-order valence-corrected chi connectivity index (χ4v) is 8.00. The fourth-order valence-electron chi connectivity index (χ4n) is 6.60. The third kappa shape index (κ3) is 9.00. The highest BCUT2D eigenvalue weighted by Crippen LogP contribution is 2.35. The Balaban J connectivity index is 1.23. The van der Waals surface area contributed by atoms with Gasteiger partial charge in [0.15, 0.2) is 5.76 Å². The number of piperidine rings is 3. The standard InChI is InChI=1S/C36H36Cl2F3N3O6S/c1-2-47-31-15-22(7-9-29(31)49-35(40)41)30(16-24-25(37)17-42-18-26(24)38)48-34(45)33-10-8-23(51-33)19-44(28-6-4-3-5-27(28)39)36(46)50-32-20-43-13-11-21(32)12-14-43/h3-6,8,10,15,17-18,21,30,32,35H,2,7,9,11-14,16,19-20H2,1H3/t30-,32-/m0/s1. The molecule has 3 fully saturated rings. The molecule has 2 atom stereocenters. The summed E-state index contributed by atoms with van der Waals surface area (Å²) in [6.45, 7) is 1.42. The van der Waals surface area contributed by atoms with Crippen LogP contribution in [0.4, 0.5) is 23.7 Å². The van der Waals surface area contributed by atoms with Gasteiger partial charge in [-0.1, -0.05) is 35.3 Å². The van der Waals surface area contributed by atoms with Gasteiger partial charge in [-0.3, -0.25) is 14.8 Å². The molecule has 51 heavy (non-hydrogen) atoms. The molecule has 5 heterocycles. The van der Waals surface area contributed by atoms with E-state index in [-0.39, 0.29) is 76.6 Å². The Labute approximate surface area is 307 Å². The molecule has 1 aromatic carbocycles. The van der Waals surface area contributed by atoms with Gasteiger partial charge in [-0.15, -0.1) is 11.3 Å². The first-order valence-corrected chi connectivity index (χ1v) is 18.2. The van der Waals surface area contributed by atoms with Crippen LogP contribution in [0, 0.1) is 11.7 Å². The van der Waals surface area contributed by atoms with E-state index >= 15 is 4.39 Å². The van der Waals surface area contributed by atoms with Crippen molar-refractivity contribution in [2.24, 2.45) is 5.92 Å². The van der Waals surface area contributed by atoms with Gasteiger partial charge in [-0.2, -0.15) is 8.78 Å². The SMILES string of the molecule is CCOC1=C(OC(F)F)CCC([C@H](Cc2c(Cl)cncc2Cl)OC(=O)c2ccc(CN(C(=O)O[C@H]3CN4CCC3CC4)c3ccccc3F)s2)=C1. The second kappa shape index (κ2) is 16.7. The highest BCUT2D eigenvalue weighted by atomic mass is 35.5. The lowest BCUT2D eigenvalue weighted by atomic mass is 9.86. The Kier molecular flexibility index (Phi) is 12.1. The van der Waals surface area contributed by atoms with Crippen molar-refractivity contribution in [2.75, 3.05) is 31.1 Å². The molecule has 2 bridgehead atoms. The van der Waals surface area contributed by atoms with Crippen molar-refractivity contribution in [3.8, 4) is 0 Å². The van der Waals surface area contributed by atoms with E-state index in [4.69, 9.17) is 42.1 Å². The number of fused-ring (bicyclic) bond motifs is 3. The molecule has 1 aliphatic carbocycles. The number of halogens is 5. The van der Waals surface area contributed by atoms with Crippen molar-refractivity contribution in [1.29, 1.82) is 0 Å². The van der Waals surface area contributed by atoms with Crippen molar-refractivity contribution in [2.45, 2.75) is 64.4 Å². The number of hydrogen-bond acceptors (Lipinski definition) is 9. The minimum Gasteiger partial charge on any atom is -0.490 e. The monoisotopic (exact) mass is 765 g/mol. The van der Waals surface area contributed by atoms with Gasteiger partial charge < -0.3 is 18.9 Å². The maximum absolute atomic E-state index is 15.1. The number of thiophene rings is 1. The second-order valence-corrected chi connectivity index (χ2v) is 14.3. The summed E-state index contributed by atoms with van der Waals surface area (Å²) >= 11 is 13.9. The summed E-state index contributed by atoms with van der Waals surface area (Å²) in [7, 11) is 0. The van der Waals surface area contributed by atoms with E-state index in [1.807, 2.05) is 0 Å². The van der Waals surface area contributed by atoms with Crippen LogP contribution < -0.4 is 4.90 Å². The second-order valence-electron chi connectivity index (χ2n) is 12.4. The van der Waals surface area contributed by atoms with Crippen molar-refractivity contribution in [3.63, 3.8) is 0 Å². The van der Waals surface area contributed by atoms with E-state index in [0.717, 1.165) is 37.3 Å². The normalized spacial score (nSPS) is 20.5. The highest BCUT2D eigenvalue weighted by molar-refractivity contribution is 7.14. The lowest BCUT2D eigenvalue weighted by Gasteiger charge is -2.44. The van der Waals surface area contributed by atoms with Crippen LogP contribution >= 0.6 is 34.5 Å². The number of aromatic nitrogens is 1. The molecule has 3 saturated heterocycles. The number of benzene rings is 1. The minimum absolute atomic E-state index is 0.00464. The number of nitrogens with zero attached hydrogens (tertiary/aromatic N) is 3. The van der Waals surface area contributed by atoms with Crippen LogP contribution in [0.5, 0.6) is 0 Å². The maximum atomic E-state index is 15.1. The minimum atomic E-state index is -3.03. The molecule has 9 nitrogen and oxygen atoms in total. The molecular formula is C36H36Cl2F3N3O6S. The van der Waals surface area contributed by atoms with Crippen LogP contribution in [-0.4, -0.2) is 67.0 Å². The van der Waals surface area contributed by atoms with Gasteiger partial charge in [0.25, 0.3) is 0 Å². The Morgan fingerprint density at radius 1 is 1.08 bits per heavy atom. The van der Waals surface area contributed by atoms with Crippen molar-refractivity contribution in [1.82, 2.24) is 9.88 Å². The quantitative estimate of drug-likeness (QED) is 0.160. The number of rotatable bonds is 13.